The first kappa shape index (κ1) is 39.7. The Hall–Kier alpha value is 0.710. The van der Waals surface area contributed by atoms with E-state index in [1.165, 1.54) is 94.3 Å². The number of alkyl carbamates (subject to hydrolysis) is 1. The Morgan fingerprint density at radius 2 is 1.51 bits per heavy atom. The molecular weight excluding hydrogens is 689 g/mol. The van der Waals surface area contributed by atoms with Gasteiger partial charge in [-0.1, -0.05) is 11.8 Å². The van der Waals surface area contributed by atoms with Gasteiger partial charge in [-0.25, -0.2) is 9.79 Å². The third-order valence-electron chi connectivity index (χ3n) is 3.16. The van der Waals surface area contributed by atoms with Gasteiger partial charge in [0.05, 0.1) is 51.7 Å². The predicted molar refractivity (Wildman–Crippen MR) is 179 cm³/mol. The normalized spacial score (nSPS) is 12.2. The molecule has 0 spiro atoms. The standard InChI is InChI=1S/C18H34N4O8S9/c23-11-34-15-36-13-28-17(25)21-8-33-7-20-10-39(27)4-3-31-1-2-38-18(26)22-9-32-6-19-5-29-30-14-37-16-35-12-24/h5,10,23-24H,1-4,6-9,11-16H2,(H,21,25)(H,22,26)/b19-5-,20-10-. The van der Waals surface area contributed by atoms with Crippen LogP contribution in [0.25, 0.3) is 0 Å². The van der Waals surface area contributed by atoms with Crippen molar-refractivity contribution in [1.29, 1.82) is 0 Å². The Bertz CT molecular complexity index is 686. The van der Waals surface area contributed by atoms with E-state index in [1.54, 1.807) is 11.8 Å². The van der Waals surface area contributed by atoms with Gasteiger partial charge in [0.2, 0.25) is 6.40 Å². The monoisotopic (exact) mass is 722 g/mol. The van der Waals surface area contributed by atoms with Gasteiger partial charge < -0.3 is 30.5 Å². The Morgan fingerprint density at radius 3 is 2.26 bits per heavy atom. The van der Waals surface area contributed by atoms with Crippen LogP contribution in [0.15, 0.2) is 9.98 Å². The highest BCUT2D eigenvalue weighted by Gasteiger charge is 2.03. The largest absolute Gasteiger partial charge is 0.438 e. The summed E-state index contributed by atoms with van der Waals surface area (Å²) in [5.41, 5.74) is 1.42. The minimum Gasteiger partial charge on any atom is -0.438 e. The van der Waals surface area contributed by atoms with Gasteiger partial charge in [-0.3, -0.25) is 14.0 Å². The van der Waals surface area contributed by atoms with Crippen LogP contribution in [0.3, 0.4) is 0 Å². The second kappa shape index (κ2) is 33.2. The second-order valence-corrected chi connectivity index (χ2v) is 16.0. The van der Waals surface area contributed by atoms with Crippen molar-refractivity contribution in [3.63, 3.8) is 0 Å². The molecule has 0 aromatic carbocycles. The molecule has 1 unspecified atom stereocenters. The number of hydrogen-bond acceptors (Lipinski definition) is 18. The van der Waals surface area contributed by atoms with Crippen molar-refractivity contribution in [2.45, 2.75) is 0 Å². The number of hydrogen-bond donors (Lipinski definition) is 4. The zero-order chi connectivity index (χ0) is 28.7. The van der Waals surface area contributed by atoms with Crippen LogP contribution in [0.1, 0.15) is 0 Å². The molecular formula is C18H34N4O8S9. The van der Waals surface area contributed by atoms with Crippen LogP contribution in [-0.4, -0.2) is 118 Å². The number of rotatable bonds is 27. The summed E-state index contributed by atoms with van der Waals surface area (Å²) in [6.07, 6.45) is 0.698. The van der Waals surface area contributed by atoms with E-state index >= 15 is 0 Å². The van der Waals surface area contributed by atoms with Crippen molar-refractivity contribution < 1.29 is 38.5 Å². The molecule has 0 heterocycles. The third kappa shape index (κ3) is 33.1. The molecule has 39 heavy (non-hydrogen) atoms. The fourth-order valence-electron chi connectivity index (χ4n) is 1.63. The third-order valence-corrected chi connectivity index (χ3v) is 11.4. The van der Waals surface area contributed by atoms with Crippen LogP contribution in [0, 0.1) is 0 Å². The van der Waals surface area contributed by atoms with Crippen molar-refractivity contribution in [3.8, 4) is 0 Å². The maximum Gasteiger partial charge on any atom is 0.408 e. The van der Waals surface area contributed by atoms with Crippen LogP contribution in [0.5, 0.6) is 0 Å². The van der Waals surface area contributed by atoms with Gasteiger partial charge in [-0.15, -0.1) is 70.6 Å². The average Bonchev–Trinajstić information content (AvgIpc) is 2.93. The number of nitrogens with one attached hydrogen (secondary N) is 2. The van der Waals surface area contributed by atoms with E-state index in [2.05, 4.69) is 20.6 Å². The Labute approximate surface area is 265 Å². The van der Waals surface area contributed by atoms with E-state index in [0.717, 1.165) is 10.8 Å². The number of aliphatic hydroxyl groups excluding tert-OH is 2. The van der Waals surface area contributed by atoms with Crippen LogP contribution >= 0.6 is 94.1 Å². The van der Waals surface area contributed by atoms with Gasteiger partial charge in [-0.2, -0.15) is 16.6 Å². The second-order valence-electron chi connectivity index (χ2n) is 5.91. The minimum atomic E-state index is -1.15. The Morgan fingerprint density at radius 1 is 0.821 bits per heavy atom. The molecule has 0 aromatic heterocycles. The summed E-state index contributed by atoms with van der Waals surface area (Å²) >= 11 is 11.2. The highest BCUT2D eigenvalue weighted by molar-refractivity contribution is 8.16. The fourth-order valence-corrected chi connectivity index (χ4v) is 8.04. The number of aliphatic imine (C=N–C) groups is 2. The molecule has 0 radical (unpaired) electrons. The topological polar surface area (TPSA) is 168 Å². The molecule has 0 aliphatic heterocycles. The summed E-state index contributed by atoms with van der Waals surface area (Å²) in [7, 11) is -1.15. The molecule has 2 amide bonds. The zero-order valence-electron chi connectivity index (χ0n) is 21.0. The van der Waals surface area contributed by atoms with Crippen molar-refractivity contribution in [1.82, 2.24) is 10.6 Å². The summed E-state index contributed by atoms with van der Waals surface area (Å²) in [5.74, 6) is 4.89. The van der Waals surface area contributed by atoms with Crippen LogP contribution in [0.4, 0.5) is 9.59 Å². The van der Waals surface area contributed by atoms with Gasteiger partial charge >= 0.3 is 6.09 Å². The number of ether oxygens (including phenoxy) is 1. The van der Waals surface area contributed by atoms with E-state index < -0.39 is 16.9 Å². The molecule has 0 aliphatic rings. The highest BCUT2D eigenvalue weighted by Crippen LogP contribution is 2.12. The van der Waals surface area contributed by atoms with Gasteiger partial charge in [0.15, 0.2) is 0 Å². The lowest BCUT2D eigenvalue weighted by Crippen LogP contribution is -2.23. The summed E-state index contributed by atoms with van der Waals surface area (Å²) in [6, 6.07) is 0. The Balaban J connectivity index is 3.46. The lowest BCUT2D eigenvalue weighted by molar-refractivity contribution is -0.196. The van der Waals surface area contributed by atoms with E-state index in [4.69, 9.17) is 24.7 Å². The molecule has 1 atom stereocenters. The van der Waals surface area contributed by atoms with Crippen LogP contribution in [-0.2, 0) is 25.3 Å². The first-order valence-electron chi connectivity index (χ1n) is 10.8. The van der Waals surface area contributed by atoms with Gasteiger partial charge in [0, 0.05) is 33.2 Å². The lowest BCUT2D eigenvalue weighted by atomic mass is 10.9. The van der Waals surface area contributed by atoms with E-state index in [1.807, 2.05) is 0 Å². The summed E-state index contributed by atoms with van der Waals surface area (Å²) in [6.45, 7) is 0. The summed E-state index contributed by atoms with van der Waals surface area (Å²) in [5, 5.41) is 23.9. The maximum absolute atomic E-state index is 11.9. The Kier molecular flexibility index (Phi) is 33.8. The first-order chi connectivity index (χ1) is 19.1. The number of amides is 2. The fraction of sp³-hybridized carbons (Fsp3) is 0.778. The molecule has 0 bridgehead atoms. The lowest BCUT2D eigenvalue weighted by Gasteiger charge is -2.05. The van der Waals surface area contributed by atoms with Crippen LogP contribution in [0.2, 0.25) is 0 Å². The predicted octanol–water partition coefficient (Wildman–Crippen LogP) is 3.60. The average molecular weight is 723 g/mol. The highest BCUT2D eigenvalue weighted by atomic mass is 32.2. The number of carbonyl (C=O) groups excluding carboxylic acids is 2. The molecule has 0 saturated carbocycles. The van der Waals surface area contributed by atoms with Crippen LogP contribution < -0.4 is 10.6 Å². The van der Waals surface area contributed by atoms with Gasteiger partial charge in [0.25, 0.3) is 5.24 Å². The zero-order valence-corrected chi connectivity index (χ0v) is 28.3. The minimum absolute atomic E-state index is 0.0420. The summed E-state index contributed by atoms with van der Waals surface area (Å²) < 4.78 is 16.9. The van der Waals surface area contributed by atoms with Crippen molar-refractivity contribution in [3.05, 3.63) is 0 Å². The molecule has 0 aromatic rings. The molecule has 12 nitrogen and oxygen atoms in total. The first-order valence-corrected chi connectivity index (χ1v) is 21.3. The van der Waals surface area contributed by atoms with Crippen molar-refractivity contribution >= 4 is 128 Å². The van der Waals surface area contributed by atoms with Crippen molar-refractivity contribution in [2.75, 3.05) is 80.4 Å². The number of carbonyl (C=O) groups is 2. The summed E-state index contributed by atoms with van der Waals surface area (Å²) in [4.78, 5) is 40.9. The molecule has 0 fully saturated rings. The molecule has 21 heteroatoms. The SMILES string of the molecule is O=C(NCSC/N=C\S(=O)CCSCCSC(=O)NCSC/N=C\OOCSCSCO)OCSCSCO. The van der Waals surface area contributed by atoms with Gasteiger partial charge in [0.1, 0.15) is 11.9 Å². The molecule has 4 N–H and O–H groups in total. The quantitative estimate of drug-likeness (QED) is 0.0242. The van der Waals surface area contributed by atoms with Crippen molar-refractivity contribution in [2.24, 2.45) is 9.98 Å². The number of thioether (sulfide) groups is 8. The number of nitrogens with zero attached hydrogens (tertiary/aromatic N) is 2. The molecule has 0 saturated heterocycles. The molecule has 0 aliphatic carbocycles. The number of aliphatic hydroxyl groups is 2. The van der Waals surface area contributed by atoms with E-state index in [0.29, 0.717) is 51.8 Å². The van der Waals surface area contributed by atoms with E-state index in [9.17, 15) is 13.8 Å². The van der Waals surface area contributed by atoms with E-state index in [-0.39, 0.29) is 23.1 Å². The molecule has 228 valence electrons. The smallest absolute Gasteiger partial charge is 0.408 e. The molecule has 0 rings (SSSR count). The maximum atomic E-state index is 11.9. The van der Waals surface area contributed by atoms with Gasteiger partial charge in [-0.05, 0) is 0 Å².